The number of aliphatic carboxylic acids is 1. The van der Waals surface area contributed by atoms with Crippen LogP contribution < -0.4 is 53.7 Å². The number of fused-ring (bicyclic) bond motifs is 3. The van der Waals surface area contributed by atoms with Crippen LogP contribution in [-0.4, -0.2) is 153 Å². The second kappa shape index (κ2) is 44.8. The number of hydrogen-bond acceptors (Lipinski definition) is 28. The van der Waals surface area contributed by atoms with E-state index in [4.69, 9.17) is 56.3 Å². The van der Waals surface area contributed by atoms with Crippen molar-refractivity contribution in [2.75, 3.05) is 47.7 Å². The number of para-hydroxylation sites is 3. The zero-order valence-corrected chi connectivity index (χ0v) is 87.5. The van der Waals surface area contributed by atoms with E-state index in [0.29, 0.717) is 123 Å². The van der Waals surface area contributed by atoms with Gasteiger partial charge in [0.15, 0.2) is 28.2 Å². The van der Waals surface area contributed by atoms with Crippen LogP contribution in [0.15, 0.2) is 152 Å². The topological polar surface area (TPSA) is 402 Å². The van der Waals surface area contributed by atoms with Crippen molar-refractivity contribution in [1.82, 2.24) is 42.4 Å². The molecule has 3 atom stereocenters. The van der Waals surface area contributed by atoms with Crippen molar-refractivity contribution in [2.45, 2.75) is 280 Å². The normalized spacial score (nSPS) is 13.1. The molecule has 0 aliphatic heterocycles. The number of ketones is 2. The van der Waals surface area contributed by atoms with Gasteiger partial charge in [-0.05, 0) is 188 Å². The molecule has 734 valence electrons. The summed E-state index contributed by atoms with van der Waals surface area (Å²) < 4.78 is 71.8. The first kappa shape index (κ1) is 108. The highest BCUT2D eigenvalue weighted by Crippen LogP contribution is 2.44. The number of carboxylic acid groups (broad SMARTS) is 1. The van der Waals surface area contributed by atoms with Crippen molar-refractivity contribution in [3.05, 3.63) is 206 Å². The number of rotatable bonds is 38. The lowest BCUT2D eigenvalue weighted by Gasteiger charge is -2.36. The molecule has 12 rings (SSSR count). The lowest BCUT2D eigenvalue weighted by atomic mass is 9.95. The third kappa shape index (κ3) is 23.9. The van der Waals surface area contributed by atoms with Crippen molar-refractivity contribution >= 4 is 98.8 Å². The Hall–Kier alpha value is -10.4. The number of nitrogens with zero attached hydrogens (tertiary/aromatic N) is 9. The van der Waals surface area contributed by atoms with Gasteiger partial charge in [-0.1, -0.05) is 96.1 Å². The lowest BCUT2D eigenvalue weighted by molar-refractivity contribution is -0.146. The first-order valence-corrected chi connectivity index (χ1v) is 53.3. The van der Waals surface area contributed by atoms with E-state index in [2.05, 4.69) is 82.7 Å². The molecular formula is C98H134N10O22S3Si2. The van der Waals surface area contributed by atoms with Gasteiger partial charge in [-0.25, -0.2) is 47.8 Å². The number of thiophene rings is 3. The van der Waals surface area contributed by atoms with Crippen LogP contribution in [0.5, 0.6) is 17.2 Å². The second-order valence-electron chi connectivity index (χ2n) is 38.3. The van der Waals surface area contributed by atoms with Crippen LogP contribution in [0.3, 0.4) is 0 Å². The molecule has 0 bridgehead atoms. The number of carbonyl (C=O) groups is 3. The number of ether oxygens (including phenoxy) is 6. The smallest absolute Gasteiger partial charge is 0.333 e. The Morgan fingerprint density at radius 3 is 0.978 bits per heavy atom. The van der Waals surface area contributed by atoms with E-state index in [1.807, 2.05) is 115 Å². The fourth-order valence-electron chi connectivity index (χ4n) is 15.0. The van der Waals surface area contributed by atoms with Crippen LogP contribution in [0.4, 0.5) is 0 Å². The molecule has 37 heteroatoms. The maximum absolute atomic E-state index is 14.6. The van der Waals surface area contributed by atoms with Crippen molar-refractivity contribution < 1.29 is 75.1 Å². The molecule has 0 fully saturated rings. The number of aliphatic hydroxyl groups excluding tert-OH is 1. The fraction of sp³-hybridized carbons (Fsp3) is 0.510. The van der Waals surface area contributed by atoms with Gasteiger partial charge < -0.3 is 66.5 Å². The Bertz CT molecular complexity index is 6490. The van der Waals surface area contributed by atoms with E-state index in [0.717, 1.165) is 30.4 Å². The number of aryl methyl sites for hydroxylation is 3. The van der Waals surface area contributed by atoms with Gasteiger partial charge >= 0.3 is 23.0 Å². The monoisotopic (exact) mass is 1950 g/mol. The number of hydrogen-bond donors (Lipinski definition) is 3. The summed E-state index contributed by atoms with van der Waals surface area (Å²) in [5.74, 6) is 0.946. The molecule has 9 aromatic heterocycles. The summed E-state index contributed by atoms with van der Waals surface area (Å²) in [6, 6.07) is 22.3. The number of benzene rings is 3. The first-order chi connectivity index (χ1) is 63.2. The third-order valence-corrected chi connectivity index (χ3v) is 37.6. The van der Waals surface area contributed by atoms with Crippen LogP contribution in [0, 0.1) is 20.8 Å². The zero-order chi connectivity index (χ0) is 100. The summed E-state index contributed by atoms with van der Waals surface area (Å²) in [4.78, 5) is 140. The van der Waals surface area contributed by atoms with Crippen molar-refractivity contribution in [3.63, 3.8) is 0 Å². The highest BCUT2D eigenvalue weighted by Gasteiger charge is 2.43. The van der Waals surface area contributed by atoms with Gasteiger partial charge in [0, 0.05) is 55.9 Å². The molecule has 0 spiro atoms. The molecule has 0 unspecified atom stereocenters. The van der Waals surface area contributed by atoms with Gasteiger partial charge in [-0.15, -0.1) is 34.0 Å². The van der Waals surface area contributed by atoms with Crippen LogP contribution >= 0.6 is 34.0 Å². The van der Waals surface area contributed by atoms with Gasteiger partial charge in [-0.3, -0.25) is 37.7 Å². The molecule has 3 aromatic carbocycles. The molecule has 9 heterocycles. The molecule has 12 aromatic rings. The van der Waals surface area contributed by atoms with E-state index in [1.165, 1.54) is 94.4 Å². The van der Waals surface area contributed by atoms with Gasteiger partial charge in [0.2, 0.25) is 17.7 Å². The number of carbonyl (C=O) groups excluding carboxylic acids is 2. The standard InChI is InChI=1S/C35H49N3O7SSi.C29H35N3O7S.C26H29N3O7S.C8H21NOSi/c1-22(2)45-26(24-15-12-13-16-25(24)42-9)21-37-32-28(23(3)29(46-32)30-36-18-20-43-30)31(40)38(33(37)41)35(7,8)27(39)17-14-19-44-47(10,11)34(4,5)6;1-17(2)39-21(19-10-7-8-11-20(19)37-6)16-31-27-23(18(3)24(40-27)25-30-13-15-38-25)26(35)32(28(31)36)29(4,5)22(34)12-9-14-33;1-14(2)36-18(16-9-7-8-10-17(16)34-6)13-28-23-19(15(3)20(37-23)21-27-11-12-35-21)22(30)29(25(28)33)26(4,5)24(31)32;1-8(2,3)11(4,5)10-7-6-9/h12-13,15-16,18,20,22,26H,14,17,19,21H2,1-11H3;7-8,10-11,13,15,17,21,33H,9,12,14,16H2,1-6H3;7-12,14,18H,13H2,1-6H3,(H,31,32);6-7,9H2,1-5H3/t26-;21-;18-;/m000./s1. The molecule has 0 aliphatic carbocycles. The largest absolute Gasteiger partial charge is 0.496 e. The SMILES string of the molecule is CC(C)(C)[Si](C)(C)OCCN.COc1ccccc1[C@H](Cn1c(=O)n(C(C)(C)C(=O)CCCO)c(=O)c2c(C)c(-c3ncco3)sc21)OC(C)C.COc1ccccc1[C@H](Cn1c(=O)n(C(C)(C)C(=O)CCCO[Si](C)(C)C(C)(C)C)c(=O)c2c(C)c(-c3ncco3)sc21)OC(C)C.COc1ccccc1[C@H](Cn1c(=O)n(C(C)(C)C(=O)O)c(=O)c2c(C)c(-c3ncco3)sc21)OC(C)C. The van der Waals surface area contributed by atoms with Gasteiger partial charge in [0.25, 0.3) is 16.7 Å². The quantitative estimate of drug-likeness (QED) is 0.0239. The number of carboxylic acids is 1. The number of oxazole rings is 3. The summed E-state index contributed by atoms with van der Waals surface area (Å²) in [6.45, 7) is 49.6. The predicted molar refractivity (Wildman–Crippen MR) is 534 cm³/mol. The van der Waals surface area contributed by atoms with Gasteiger partial charge in [0.05, 0.1) is 109 Å². The molecule has 4 N–H and O–H groups in total. The minimum absolute atomic E-state index is 0.00877. The van der Waals surface area contributed by atoms with E-state index in [9.17, 15) is 53.4 Å². The number of methoxy groups -OCH3 is 3. The van der Waals surface area contributed by atoms with Gasteiger partial charge in [0.1, 0.15) is 85.5 Å². The van der Waals surface area contributed by atoms with Crippen LogP contribution in [0.2, 0.25) is 36.3 Å². The van der Waals surface area contributed by atoms with E-state index >= 15 is 0 Å². The molecule has 0 radical (unpaired) electrons. The highest BCUT2D eigenvalue weighted by molar-refractivity contribution is 7.22. The average molecular weight is 1960 g/mol. The van der Waals surface area contributed by atoms with Crippen LogP contribution in [-0.2, 0) is 73.7 Å². The molecule has 0 aliphatic rings. The van der Waals surface area contributed by atoms with Crippen molar-refractivity contribution in [3.8, 4) is 49.6 Å². The van der Waals surface area contributed by atoms with E-state index < -0.39 is 91.3 Å². The first-order valence-electron chi connectivity index (χ1n) is 45.1. The summed E-state index contributed by atoms with van der Waals surface area (Å²) in [6.07, 6.45) is 7.39. The molecular weight excluding hydrogens is 1820 g/mol. The summed E-state index contributed by atoms with van der Waals surface area (Å²) in [7, 11) is 1.22. The predicted octanol–water partition coefficient (Wildman–Crippen LogP) is 18.1. The number of aliphatic hydroxyl groups is 1. The van der Waals surface area contributed by atoms with E-state index in [-0.39, 0.29) is 85.8 Å². The molecule has 0 saturated heterocycles. The maximum atomic E-state index is 14.6. The molecule has 0 saturated carbocycles. The Labute approximate surface area is 800 Å². The highest BCUT2D eigenvalue weighted by atomic mass is 32.1. The van der Waals surface area contributed by atoms with E-state index in [1.54, 1.807) is 73.5 Å². The minimum atomic E-state index is -1.98. The molecule has 135 heavy (non-hydrogen) atoms. The lowest BCUT2D eigenvalue weighted by Crippen LogP contribution is -2.52. The second-order valence-corrected chi connectivity index (χ2v) is 50.9. The summed E-state index contributed by atoms with van der Waals surface area (Å²) in [5, 5.41) is 20.4. The molecule has 32 nitrogen and oxygen atoms in total. The number of Topliss-reactive ketones (excluding diaryl/α,β-unsaturated/α-hetero) is 2. The molecule has 0 amide bonds. The van der Waals surface area contributed by atoms with Crippen molar-refractivity contribution in [2.24, 2.45) is 5.73 Å². The summed E-state index contributed by atoms with van der Waals surface area (Å²) >= 11 is 3.68. The minimum Gasteiger partial charge on any atom is -0.496 e. The van der Waals surface area contributed by atoms with Crippen molar-refractivity contribution in [1.29, 1.82) is 0 Å². The summed E-state index contributed by atoms with van der Waals surface area (Å²) in [5.41, 5.74) is 0.932. The number of aromatic nitrogens is 9. The number of nitrogens with two attached hydrogens (primary N) is 1. The maximum Gasteiger partial charge on any atom is 0.333 e. The average Bonchev–Trinajstić information content (AvgIpc) is 1.62. The van der Waals surface area contributed by atoms with Crippen LogP contribution in [0.25, 0.3) is 63.0 Å². The van der Waals surface area contributed by atoms with Crippen LogP contribution in [0.1, 0.15) is 202 Å². The Morgan fingerprint density at radius 1 is 0.444 bits per heavy atom. The fourth-order valence-corrected chi connectivity index (χ4v) is 20.9. The van der Waals surface area contributed by atoms with Gasteiger partial charge in [-0.2, -0.15) is 0 Å². The Balaban J connectivity index is 0.000000216. The Morgan fingerprint density at radius 2 is 0.726 bits per heavy atom. The Kier molecular flexibility index (Phi) is 35.9. The zero-order valence-electron chi connectivity index (χ0n) is 83.0. The third-order valence-electron chi connectivity index (χ3n) is 24.7.